The fourth-order valence-electron chi connectivity index (χ4n) is 4.55. The van der Waals surface area contributed by atoms with Crippen molar-refractivity contribution in [3.8, 4) is 45.5 Å². The lowest BCUT2D eigenvalue weighted by Crippen LogP contribution is -2.15. The Morgan fingerprint density at radius 1 is 0.578 bits per heavy atom. The minimum absolute atomic E-state index is 0.0619. The molecule has 0 fully saturated rings. The van der Waals surface area contributed by atoms with Crippen molar-refractivity contribution in [1.29, 1.82) is 0 Å². The van der Waals surface area contributed by atoms with Crippen LogP contribution in [0.3, 0.4) is 0 Å². The molecule has 11 heteroatoms. The van der Waals surface area contributed by atoms with Crippen molar-refractivity contribution in [1.82, 2.24) is 9.97 Å². The maximum Gasteiger partial charge on any atom is 0.658 e. The van der Waals surface area contributed by atoms with Gasteiger partial charge in [-0.3, -0.25) is 9.97 Å². The number of pyridine rings is 2. The molecule has 0 aliphatic carbocycles. The van der Waals surface area contributed by atoms with Crippen molar-refractivity contribution < 1.29 is 36.3 Å². The van der Waals surface area contributed by atoms with Gasteiger partial charge in [0.2, 0.25) is 11.6 Å². The zero-order valence-electron chi connectivity index (χ0n) is 25.5. The van der Waals surface area contributed by atoms with Gasteiger partial charge in [0.05, 0.1) is 24.6 Å². The topological polar surface area (TPSA) is 62.7 Å². The molecule has 2 aromatic heterocycles. The van der Waals surface area contributed by atoms with Crippen molar-refractivity contribution in [2.45, 2.75) is 65.2 Å². The quantitative estimate of drug-likeness (QED) is 0.0626. The molecule has 0 spiro atoms. The van der Waals surface area contributed by atoms with Crippen LogP contribution in [0, 0.1) is 23.3 Å². The Morgan fingerprint density at radius 2 is 1.02 bits per heavy atom. The molecule has 237 valence electrons. The number of unbranched alkanes of at least 4 members (excludes halogenated alkanes) is 6. The number of rotatable bonds is 18. The van der Waals surface area contributed by atoms with Crippen LogP contribution in [0.15, 0.2) is 60.9 Å². The van der Waals surface area contributed by atoms with E-state index in [9.17, 15) is 0 Å². The highest BCUT2D eigenvalue weighted by atomic mass is 19.1. The second kappa shape index (κ2) is 17.3. The highest BCUT2D eigenvalue weighted by Gasteiger charge is 2.26. The van der Waals surface area contributed by atoms with E-state index in [1.807, 2.05) is 0 Å². The first-order chi connectivity index (χ1) is 22.0. The van der Waals surface area contributed by atoms with Crippen LogP contribution in [0.1, 0.15) is 65.2 Å². The summed E-state index contributed by atoms with van der Waals surface area (Å²) in [5.74, 6) is -6.20. The van der Waals surface area contributed by atoms with Gasteiger partial charge < -0.3 is 18.8 Å². The summed E-state index contributed by atoms with van der Waals surface area (Å²) < 4.78 is 83.8. The molecule has 0 N–H and O–H groups in total. The third kappa shape index (κ3) is 8.89. The maximum atomic E-state index is 15.5. The molecule has 0 aliphatic rings. The second-order valence-electron chi connectivity index (χ2n) is 10.3. The summed E-state index contributed by atoms with van der Waals surface area (Å²) in [4.78, 5) is 8.32. The van der Waals surface area contributed by atoms with Gasteiger partial charge in [0.1, 0.15) is 11.5 Å². The monoisotopic (exact) mass is 623 g/mol. The Hall–Kier alpha value is -4.28. The van der Waals surface area contributed by atoms with E-state index in [1.54, 1.807) is 36.4 Å². The molecule has 1 radical (unpaired) electrons. The second-order valence-corrected chi connectivity index (χ2v) is 10.3. The minimum Gasteiger partial charge on any atom is -0.524 e. The van der Waals surface area contributed by atoms with E-state index in [-0.39, 0.29) is 35.7 Å². The molecule has 0 amide bonds. The fourth-order valence-corrected chi connectivity index (χ4v) is 4.55. The van der Waals surface area contributed by atoms with Crippen molar-refractivity contribution in [3.05, 3.63) is 84.2 Å². The molecular formula is C34H36BF4N2O4. The number of nitrogens with zero attached hydrogens (tertiary/aromatic N) is 2. The van der Waals surface area contributed by atoms with Gasteiger partial charge in [-0.15, -0.1) is 0 Å². The summed E-state index contributed by atoms with van der Waals surface area (Å²) in [6.45, 7) is 4.30. The summed E-state index contributed by atoms with van der Waals surface area (Å²) in [7, 11) is 0.674. The van der Waals surface area contributed by atoms with E-state index < -0.39 is 46.3 Å². The van der Waals surface area contributed by atoms with Gasteiger partial charge in [-0.25, -0.2) is 8.78 Å². The zero-order chi connectivity index (χ0) is 32.0. The van der Waals surface area contributed by atoms with Gasteiger partial charge >= 0.3 is 7.69 Å². The smallest absolute Gasteiger partial charge is 0.524 e. The predicted octanol–water partition coefficient (Wildman–Crippen LogP) is 9.28. The molecule has 2 heterocycles. The van der Waals surface area contributed by atoms with Crippen LogP contribution in [0.25, 0.3) is 22.5 Å². The van der Waals surface area contributed by atoms with E-state index in [0.717, 1.165) is 50.7 Å². The minimum atomic E-state index is -1.10. The number of halogens is 4. The van der Waals surface area contributed by atoms with Crippen molar-refractivity contribution in [2.24, 2.45) is 0 Å². The van der Waals surface area contributed by atoms with Crippen LogP contribution in [0.5, 0.6) is 23.0 Å². The third-order valence-electron chi connectivity index (χ3n) is 6.97. The Bertz CT molecular complexity index is 1400. The summed E-state index contributed by atoms with van der Waals surface area (Å²) in [6, 6.07) is 12.0. The van der Waals surface area contributed by atoms with Gasteiger partial charge in [-0.1, -0.05) is 64.5 Å². The molecule has 4 aromatic rings. The highest BCUT2D eigenvalue weighted by Crippen LogP contribution is 2.39. The molecule has 0 bridgehead atoms. The van der Waals surface area contributed by atoms with Crippen molar-refractivity contribution in [2.75, 3.05) is 13.2 Å². The average Bonchev–Trinajstić information content (AvgIpc) is 3.06. The lowest BCUT2D eigenvalue weighted by Gasteiger charge is -2.17. The van der Waals surface area contributed by atoms with E-state index in [1.165, 1.54) is 12.4 Å². The van der Waals surface area contributed by atoms with Gasteiger partial charge in [-0.2, -0.15) is 8.78 Å². The lowest BCUT2D eigenvalue weighted by molar-refractivity contribution is 0.270. The summed E-state index contributed by atoms with van der Waals surface area (Å²) in [5, 5.41) is 0. The molecule has 45 heavy (non-hydrogen) atoms. The Morgan fingerprint density at radius 3 is 1.40 bits per heavy atom. The third-order valence-corrected chi connectivity index (χ3v) is 6.97. The average molecular weight is 623 g/mol. The Balaban J connectivity index is 1.60. The lowest BCUT2D eigenvalue weighted by atomic mass is 10.1. The van der Waals surface area contributed by atoms with Gasteiger partial charge in [0.25, 0.3) is 0 Å². The first-order valence-electron chi connectivity index (χ1n) is 15.2. The van der Waals surface area contributed by atoms with Crippen LogP contribution in [-0.4, -0.2) is 30.9 Å². The van der Waals surface area contributed by atoms with Crippen LogP contribution in [0.2, 0.25) is 0 Å². The van der Waals surface area contributed by atoms with Crippen molar-refractivity contribution >= 4 is 7.69 Å². The molecule has 2 aromatic carbocycles. The normalized spacial score (nSPS) is 10.9. The first kappa shape index (κ1) is 33.6. The Labute approximate surface area is 262 Å². The number of aromatic nitrogens is 2. The van der Waals surface area contributed by atoms with E-state index in [2.05, 4.69) is 23.8 Å². The standard InChI is InChI=1S/C34H36BF4N2O4/c1-3-5-7-13-19-42-33-29(36)23(25-15-9-11-17-40-25)21-27(31(33)38)44-35-45-28-22-24(26-16-10-12-18-41-26)30(37)34(32(28)39)43-20-14-8-6-4-2/h9-12,15-18,21-22H,3-8,13-14,19-20H2,1-2H3. The van der Waals surface area contributed by atoms with Gasteiger partial charge in [0.15, 0.2) is 23.1 Å². The van der Waals surface area contributed by atoms with E-state index >= 15 is 17.6 Å². The number of ether oxygens (including phenoxy) is 2. The fraction of sp³-hybridized carbons (Fsp3) is 0.353. The molecule has 0 aliphatic heterocycles. The molecule has 6 nitrogen and oxygen atoms in total. The molecule has 0 atom stereocenters. The maximum absolute atomic E-state index is 15.5. The molecule has 4 rings (SSSR count). The predicted molar refractivity (Wildman–Crippen MR) is 165 cm³/mol. The van der Waals surface area contributed by atoms with E-state index in [4.69, 9.17) is 18.8 Å². The van der Waals surface area contributed by atoms with Crippen molar-refractivity contribution in [3.63, 3.8) is 0 Å². The Kier molecular flexibility index (Phi) is 12.9. The number of hydrogen-bond donors (Lipinski definition) is 0. The first-order valence-corrected chi connectivity index (χ1v) is 15.2. The zero-order valence-corrected chi connectivity index (χ0v) is 25.5. The van der Waals surface area contributed by atoms with Crippen LogP contribution in [0.4, 0.5) is 17.6 Å². The number of benzene rings is 2. The van der Waals surface area contributed by atoms with Gasteiger partial charge in [-0.05, 0) is 49.2 Å². The summed E-state index contributed by atoms with van der Waals surface area (Å²) in [6.07, 6.45) is 9.78. The van der Waals surface area contributed by atoms with Crippen LogP contribution in [-0.2, 0) is 0 Å². The molecule has 0 saturated heterocycles. The van der Waals surface area contributed by atoms with Crippen LogP contribution < -0.4 is 18.8 Å². The van der Waals surface area contributed by atoms with E-state index in [0.29, 0.717) is 20.5 Å². The van der Waals surface area contributed by atoms with Gasteiger partial charge in [0, 0.05) is 23.5 Å². The molecule has 0 saturated carbocycles. The summed E-state index contributed by atoms with van der Waals surface area (Å²) in [5.41, 5.74) is 0.324. The molecular weight excluding hydrogens is 587 g/mol. The number of hydrogen-bond acceptors (Lipinski definition) is 6. The largest absolute Gasteiger partial charge is 0.658 e. The SMILES string of the molecule is CCCCCCOc1c(F)c(O[B]Oc2cc(-c3ccccn3)c(F)c(OCCCCCC)c2F)cc(-c2ccccn2)c1F. The molecule has 0 unspecified atom stereocenters. The highest BCUT2D eigenvalue weighted by molar-refractivity contribution is 6.20. The summed E-state index contributed by atoms with van der Waals surface area (Å²) >= 11 is 0. The van der Waals surface area contributed by atoms with Crippen LogP contribution >= 0.6 is 0 Å².